The Morgan fingerprint density at radius 2 is 2.19 bits per heavy atom. The van der Waals surface area contributed by atoms with Crippen molar-refractivity contribution in [3.05, 3.63) is 65.0 Å². The Kier molecular flexibility index (Phi) is 4.90. The maximum atomic E-state index is 8.68. The summed E-state index contributed by atoms with van der Waals surface area (Å²) in [7, 11) is 0. The van der Waals surface area contributed by atoms with Gasteiger partial charge < -0.3 is 16.3 Å². The molecule has 5 heteroatoms. The molecule has 2 rings (SSSR count). The molecule has 110 valence electrons. The van der Waals surface area contributed by atoms with E-state index < -0.39 is 0 Å². The minimum Gasteiger partial charge on any atom is -0.409 e. The van der Waals surface area contributed by atoms with Crippen LogP contribution in [0.4, 0.5) is 0 Å². The number of pyridine rings is 1. The molecule has 0 fully saturated rings. The average Bonchev–Trinajstić information content (AvgIpc) is 2.52. The fourth-order valence-electron chi connectivity index (χ4n) is 2.10. The highest BCUT2D eigenvalue weighted by Gasteiger charge is 2.06. The van der Waals surface area contributed by atoms with Crippen molar-refractivity contribution in [2.75, 3.05) is 0 Å². The van der Waals surface area contributed by atoms with Crippen LogP contribution in [-0.4, -0.2) is 16.0 Å². The maximum Gasteiger partial charge on any atom is 0.188 e. The van der Waals surface area contributed by atoms with Gasteiger partial charge in [0.1, 0.15) is 5.69 Å². The third-order valence-corrected chi connectivity index (χ3v) is 3.35. The van der Waals surface area contributed by atoms with Gasteiger partial charge in [0.25, 0.3) is 0 Å². The standard InChI is InChI=1S/C16H20N4O/c1-11-4-3-5-14(8-11)12(2)19-10-13-6-7-18-15(9-13)16(17)20-21/h3-9,12,19,21H,10H2,1-2H3,(H2,17,20)/t12-/m1/s1. The first kappa shape index (κ1) is 15.0. The number of nitrogens with two attached hydrogens (primary N) is 1. The fraction of sp³-hybridized carbons (Fsp3) is 0.250. The summed E-state index contributed by atoms with van der Waals surface area (Å²) in [6.07, 6.45) is 1.65. The van der Waals surface area contributed by atoms with Crippen molar-refractivity contribution < 1.29 is 5.21 Å². The zero-order valence-corrected chi connectivity index (χ0v) is 12.2. The van der Waals surface area contributed by atoms with E-state index >= 15 is 0 Å². The molecule has 0 aliphatic carbocycles. The van der Waals surface area contributed by atoms with E-state index in [-0.39, 0.29) is 11.9 Å². The van der Waals surface area contributed by atoms with E-state index in [2.05, 4.69) is 53.6 Å². The van der Waals surface area contributed by atoms with Gasteiger partial charge >= 0.3 is 0 Å². The zero-order chi connectivity index (χ0) is 15.2. The fourth-order valence-corrected chi connectivity index (χ4v) is 2.10. The predicted octanol–water partition coefficient (Wildman–Crippen LogP) is 2.34. The van der Waals surface area contributed by atoms with Crippen LogP contribution in [0.15, 0.2) is 47.8 Å². The molecule has 0 saturated heterocycles. The van der Waals surface area contributed by atoms with Crippen molar-refractivity contribution in [3.8, 4) is 0 Å². The lowest BCUT2D eigenvalue weighted by Crippen LogP contribution is -2.19. The van der Waals surface area contributed by atoms with Crippen molar-refractivity contribution in [2.24, 2.45) is 10.9 Å². The second kappa shape index (κ2) is 6.85. The van der Waals surface area contributed by atoms with Gasteiger partial charge in [0.2, 0.25) is 0 Å². The Morgan fingerprint density at radius 3 is 2.90 bits per heavy atom. The molecule has 0 radical (unpaired) electrons. The predicted molar refractivity (Wildman–Crippen MR) is 83.2 cm³/mol. The van der Waals surface area contributed by atoms with Gasteiger partial charge in [-0.15, -0.1) is 0 Å². The van der Waals surface area contributed by atoms with E-state index in [1.165, 1.54) is 11.1 Å². The Hall–Kier alpha value is -2.40. The number of aryl methyl sites for hydroxylation is 1. The largest absolute Gasteiger partial charge is 0.409 e. The first-order chi connectivity index (χ1) is 10.1. The first-order valence-electron chi connectivity index (χ1n) is 6.83. The maximum absolute atomic E-state index is 8.68. The summed E-state index contributed by atoms with van der Waals surface area (Å²) in [6.45, 7) is 4.89. The van der Waals surface area contributed by atoms with Crippen LogP contribution in [0.2, 0.25) is 0 Å². The third kappa shape index (κ3) is 4.03. The molecule has 4 N–H and O–H groups in total. The SMILES string of the molecule is Cc1cccc([C@@H](C)NCc2ccnc(/C(N)=N/O)c2)c1. The lowest BCUT2D eigenvalue weighted by molar-refractivity contribution is 0.318. The van der Waals surface area contributed by atoms with Gasteiger partial charge in [-0.25, -0.2) is 0 Å². The highest BCUT2D eigenvalue weighted by Crippen LogP contribution is 2.14. The number of rotatable bonds is 5. The highest BCUT2D eigenvalue weighted by molar-refractivity contribution is 5.95. The molecule has 1 aromatic carbocycles. The molecule has 0 unspecified atom stereocenters. The number of benzene rings is 1. The lowest BCUT2D eigenvalue weighted by atomic mass is 10.1. The van der Waals surface area contributed by atoms with E-state index in [0.717, 1.165) is 5.56 Å². The van der Waals surface area contributed by atoms with Gasteiger partial charge in [-0.3, -0.25) is 4.98 Å². The van der Waals surface area contributed by atoms with Crippen LogP contribution < -0.4 is 11.1 Å². The van der Waals surface area contributed by atoms with Crippen LogP contribution in [0.1, 0.15) is 35.3 Å². The molecule has 21 heavy (non-hydrogen) atoms. The van der Waals surface area contributed by atoms with Crippen LogP contribution in [0.5, 0.6) is 0 Å². The number of hydrogen-bond donors (Lipinski definition) is 3. The van der Waals surface area contributed by atoms with Gasteiger partial charge in [-0.2, -0.15) is 0 Å². The van der Waals surface area contributed by atoms with Crippen LogP contribution in [0, 0.1) is 6.92 Å². The Morgan fingerprint density at radius 1 is 1.38 bits per heavy atom. The number of amidine groups is 1. The second-order valence-electron chi connectivity index (χ2n) is 5.05. The first-order valence-corrected chi connectivity index (χ1v) is 6.83. The Labute approximate surface area is 124 Å². The average molecular weight is 284 g/mol. The molecule has 0 amide bonds. The normalized spacial score (nSPS) is 13.1. The lowest BCUT2D eigenvalue weighted by Gasteiger charge is -2.15. The van der Waals surface area contributed by atoms with Crippen LogP contribution in [-0.2, 0) is 6.54 Å². The summed E-state index contributed by atoms with van der Waals surface area (Å²) in [4.78, 5) is 4.06. The summed E-state index contributed by atoms with van der Waals surface area (Å²) in [5, 5.41) is 15.1. The summed E-state index contributed by atoms with van der Waals surface area (Å²) in [5.41, 5.74) is 9.55. The number of nitrogens with zero attached hydrogens (tertiary/aromatic N) is 2. The van der Waals surface area contributed by atoms with Gasteiger partial charge in [-0.1, -0.05) is 35.0 Å². The molecule has 0 aliphatic heterocycles. The number of nitrogens with one attached hydrogen (secondary N) is 1. The van der Waals surface area contributed by atoms with E-state index in [0.29, 0.717) is 12.2 Å². The number of aromatic nitrogens is 1. The molecule has 2 aromatic rings. The Balaban J connectivity index is 2.03. The van der Waals surface area contributed by atoms with Gasteiger partial charge in [0, 0.05) is 18.8 Å². The molecular formula is C16H20N4O. The second-order valence-corrected chi connectivity index (χ2v) is 5.05. The minimum absolute atomic E-state index is 0.0172. The number of hydrogen-bond acceptors (Lipinski definition) is 4. The molecular weight excluding hydrogens is 264 g/mol. The summed E-state index contributed by atoms with van der Waals surface area (Å²) in [6, 6.07) is 12.4. The van der Waals surface area contributed by atoms with Crippen molar-refractivity contribution >= 4 is 5.84 Å². The minimum atomic E-state index is 0.0172. The molecule has 1 aromatic heterocycles. The van der Waals surface area contributed by atoms with Crippen molar-refractivity contribution in [1.82, 2.24) is 10.3 Å². The van der Waals surface area contributed by atoms with E-state index in [1.807, 2.05) is 12.1 Å². The van der Waals surface area contributed by atoms with Crippen LogP contribution >= 0.6 is 0 Å². The molecule has 1 atom stereocenters. The molecule has 1 heterocycles. The van der Waals surface area contributed by atoms with Crippen molar-refractivity contribution in [2.45, 2.75) is 26.4 Å². The van der Waals surface area contributed by atoms with E-state index in [4.69, 9.17) is 10.9 Å². The highest BCUT2D eigenvalue weighted by atomic mass is 16.4. The molecule has 0 aliphatic rings. The van der Waals surface area contributed by atoms with Crippen molar-refractivity contribution in [1.29, 1.82) is 0 Å². The zero-order valence-electron chi connectivity index (χ0n) is 12.2. The monoisotopic (exact) mass is 284 g/mol. The van der Waals surface area contributed by atoms with Gasteiger partial charge in [0.05, 0.1) is 0 Å². The van der Waals surface area contributed by atoms with Gasteiger partial charge in [0.15, 0.2) is 5.84 Å². The molecule has 0 bridgehead atoms. The third-order valence-electron chi connectivity index (χ3n) is 3.35. The Bertz CT molecular complexity index is 640. The smallest absolute Gasteiger partial charge is 0.188 e. The van der Waals surface area contributed by atoms with E-state index in [1.54, 1.807) is 6.20 Å². The molecule has 0 saturated carbocycles. The summed E-state index contributed by atoms with van der Waals surface area (Å²) >= 11 is 0. The van der Waals surface area contributed by atoms with Gasteiger partial charge in [-0.05, 0) is 37.1 Å². The summed E-state index contributed by atoms with van der Waals surface area (Å²) in [5.74, 6) is 0.0172. The van der Waals surface area contributed by atoms with Crippen LogP contribution in [0.25, 0.3) is 0 Å². The number of oxime groups is 1. The molecule has 5 nitrogen and oxygen atoms in total. The molecule has 0 spiro atoms. The van der Waals surface area contributed by atoms with Crippen LogP contribution in [0.3, 0.4) is 0 Å². The quantitative estimate of drug-likeness (QED) is 0.340. The topological polar surface area (TPSA) is 83.5 Å². The van der Waals surface area contributed by atoms with E-state index in [9.17, 15) is 0 Å². The summed E-state index contributed by atoms with van der Waals surface area (Å²) < 4.78 is 0. The van der Waals surface area contributed by atoms with Crippen molar-refractivity contribution in [3.63, 3.8) is 0 Å².